The SMILES string of the molecule is CN=C(NCC1CCCN(C)C1)NCC(CO)c1ccccc1.I. The van der Waals surface area contributed by atoms with Crippen LogP contribution in [0.15, 0.2) is 35.3 Å². The van der Waals surface area contributed by atoms with Crippen molar-refractivity contribution in [1.29, 1.82) is 0 Å². The van der Waals surface area contributed by atoms with Gasteiger partial charge in [0.05, 0.1) is 6.61 Å². The Bertz CT molecular complexity index is 483. The number of guanidine groups is 1. The van der Waals surface area contributed by atoms with Crippen molar-refractivity contribution in [1.82, 2.24) is 15.5 Å². The molecule has 0 amide bonds. The zero-order chi connectivity index (χ0) is 16.5. The molecule has 1 heterocycles. The van der Waals surface area contributed by atoms with Crippen LogP contribution in [0.5, 0.6) is 0 Å². The molecule has 6 heteroatoms. The summed E-state index contributed by atoms with van der Waals surface area (Å²) in [6.07, 6.45) is 2.55. The summed E-state index contributed by atoms with van der Waals surface area (Å²) in [7, 11) is 3.98. The van der Waals surface area contributed by atoms with Gasteiger partial charge in [-0.1, -0.05) is 30.3 Å². The molecule has 0 aliphatic carbocycles. The van der Waals surface area contributed by atoms with Gasteiger partial charge in [0.25, 0.3) is 0 Å². The average molecular weight is 446 g/mol. The Hall–Kier alpha value is -0.860. The first-order chi connectivity index (χ1) is 11.2. The number of benzene rings is 1. The highest BCUT2D eigenvalue weighted by atomic mass is 127. The van der Waals surface area contributed by atoms with Crippen LogP contribution in [0.4, 0.5) is 0 Å². The average Bonchev–Trinajstić information content (AvgIpc) is 2.59. The Morgan fingerprint density at radius 3 is 2.71 bits per heavy atom. The molecule has 2 rings (SSSR count). The van der Waals surface area contributed by atoms with Crippen molar-refractivity contribution >= 4 is 29.9 Å². The van der Waals surface area contributed by atoms with Crippen LogP contribution < -0.4 is 10.6 Å². The quantitative estimate of drug-likeness (QED) is 0.355. The van der Waals surface area contributed by atoms with Crippen molar-refractivity contribution in [2.24, 2.45) is 10.9 Å². The van der Waals surface area contributed by atoms with Crippen LogP contribution in [0.1, 0.15) is 24.3 Å². The van der Waals surface area contributed by atoms with Crippen molar-refractivity contribution in [3.63, 3.8) is 0 Å². The fourth-order valence-corrected chi connectivity index (χ4v) is 3.13. The Morgan fingerprint density at radius 2 is 2.08 bits per heavy atom. The first-order valence-electron chi connectivity index (χ1n) is 8.51. The monoisotopic (exact) mass is 446 g/mol. The molecule has 136 valence electrons. The van der Waals surface area contributed by atoms with Gasteiger partial charge in [0.1, 0.15) is 0 Å². The molecular weight excluding hydrogens is 415 g/mol. The standard InChI is InChI=1S/C18H30N4O.HI/c1-19-18(20-11-15-7-6-10-22(2)13-15)21-12-17(14-23)16-8-4-3-5-9-16;/h3-5,8-9,15,17,23H,6-7,10-14H2,1-2H3,(H2,19,20,21);1H. The smallest absolute Gasteiger partial charge is 0.191 e. The van der Waals surface area contributed by atoms with Gasteiger partial charge < -0.3 is 20.6 Å². The van der Waals surface area contributed by atoms with E-state index in [1.807, 2.05) is 18.2 Å². The van der Waals surface area contributed by atoms with Gasteiger partial charge >= 0.3 is 0 Å². The first kappa shape index (κ1) is 21.2. The lowest BCUT2D eigenvalue weighted by atomic mass is 9.98. The van der Waals surface area contributed by atoms with Gasteiger partial charge in [0.2, 0.25) is 0 Å². The number of piperidine rings is 1. The minimum absolute atomic E-state index is 0. The zero-order valence-corrected chi connectivity index (χ0v) is 17.1. The normalized spacial score (nSPS) is 20.1. The van der Waals surface area contributed by atoms with Crippen LogP contribution in [0.3, 0.4) is 0 Å². The van der Waals surface area contributed by atoms with Crippen LogP contribution in [0, 0.1) is 5.92 Å². The molecule has 1 saturated heterocycles. The predicted octanol–water partition coefficient (Wildman–Crippen LogP) is 1.89. The summed E-state index contributed by atoms with van der Waals surface area (Å²) in [5, 5.41) is 16.4. The largest absolute Gasteiger partial charge is 0.396 e. The predicted molar refractivity (Wildman–Crippen MR) is 111 cm³/mol. The summed E-state index contributed by atoms with van der Waals surface area (Å²) in [6.45, 7) is 4.09. The van der Waals surface area contributed by atoms with E-state index in [9.17, 15) is 5.11 Å². The van der Waals surface area contributed by atoms with E-state index in [0.29, 0.717) is 12.5 Å². The highest BCUT2D eigenvalue weighted by molar-refractivity contribution is 14.0. The second kappa shape index (κ2) is 11.7. The molecule has 1 fully saturated rings. The fraction of sp³-hybridized carbons (Fsp3) is 0.611. The van der Waals surface area contributed by atoms with Crippen LogP contribution in [-0.2, 0) is 0 Å². The number of aliphatic imine (C=N–C) groups is 1. The maximum Gasteiger partial charge on any atom is 0.191 e. The molecule has 2 atom stereocenters. The molecule has 0 aromatic heterocycles. The van der Waals surface area contributed by atoms with Crippen molar-refractivity contribution in [3.8, 4) is 0 Å². The van der Waals surface area contributed by atoms with Gasteiger partial charge in [-0.05, 0) is 37.9 Å². The highest BCUT2D eigenvalue weighted by Crippen LogP contribution is 2.14. The van der Waals surface area contributed by atoms with E-state index < -0.39 is 0 Å². The van der Waals surface area contributed by atoms with E-state index in [1.54, 1.807) is 7.05 Å². The number of rotatable bonds is 6. The number of aliphatic hydroxyl groups is 1. The Balaban J connectivity index is 0.00000288. The maximum atomic E-state index is 9.62. The van der Waals surface area contributed by atoms with Crippen molar-refractivity contribution < 1.29 is 5.11 Å². The van der Waals surface area contributed by atoms with E-state index in [-0.39, 0.29) is 36.5 Å². The lowest BCUT2D eigenvalue weighted by Crippen LogP contribution is -2.44. The number of nitrogens with one attached hydrogen (secondary N) is 2. The van der Waals surface area contributed by atoms with Gasteiger partial charge in [-0.15, -0.1) is 24.0 Å². The van der Waals surface area contributed by atoms with Gasteiger partial charge in [-0.25, -0.2) is 0 Å². The zero-order valence-electron chi connectivity index (χ0n) is 14.7. The molecule has 1 aliphatic rings. The van der Waals surface area contributed by atoms with Gasteiger partial charge in [-0.2, -0.15) is 0 Å². The topological polar surface area (TPSA) is 59.9 Å². The summed E-state index contributed by atoms with van der Waals surface area (Å²) in [5.74, 6) is 1.57. The van der Waals surface area contributed by atoms with Crippen LogP contribution in [0.2, 0.25) is 0 Å². The summed E-state index contributed by atoms with van der Waals surface area (Å²) in [5.41, 5.74) is 1.15. The van der Waals surface area contributed by atoms with Crippen LogP contribution >= 0.6 is 24.0 Å². The molecule has 0 radical (unpaired) electrons. The number of aliphatic hydroxyl groups excluding tert-OH is 1. The maximum absolute atomic E-state index is 9.62. The van der Waals surface area contributed by atoms with Gasteiger partial charge in [0.15, 0.2) is 5.96 Å². The summed E-state index contributed by atoms with van der Waals surface area (Å²) >= 11 is 0. The highest BCUT2D eigenvalue weighted by Gasteiger charge is 2.17. The van der Waals surface area contributed by atoms with Crippen LogP contribution in [0.25, 0.3) is 0 Å². The molecule has 0 saturated carbocycles. The molecule has 1 aromatic carbocycles. The Morgan fingerprint density at radius 1 is 1.33 bits per heavy atom. The lowest BCUT2D eigenvalue weighted by Gasteiger charge is -2.30. The van der Waals surface area contributed by atoms with E-state index in [0.717, 1.165) is 24.6 Å². The molecule has 0 bridgehead atoms. The Labute approximate surface area is 162 Å². The van der Waals surface area contributed by atoms with Crippen LogP contribution in [-0.4, -0.2) is 62.8 Å². The number of halogens is 1. The summed E-state index contributed by atoms with van der Waals surface area (Å²) < 4.78 is 0. The molecule has 2 unspecified atom stereocenters. The van der Waals surface area contributed by atoms with Gasteiger partial charge in [-0.3, -0.25) is 4.99 Å². The van der Waals surface area contributed by atoms with E-state index >= 15 is 0 Å². The van der Waals surface area contributed by atoms with Crippen molar-refractivity contribution in [3.05, 3.63) is 35.9 Å². The third-order valence-corrected chi connectivity index (χ3v) is 4.51. The third-order valence-electron chi connectivity index (χ3n) is 4.51. The van der Waals surface area contributed by atoms with E-state index in [4.69, 9.17) is 0 Å². The summed E-state index contributed by atoms with van der Waals surface area (Å²) in [4.78, 5) is 6.68. The van der Waals surface area contributed by atoms with Crippen molar-refractivity contribution in [2.75, 3.05) is 46.9 Å². The number of hydrogen-bond donors (Lipinski definition) is 3. The third kappa shape index (κ3) is 6.94. The lowest BCUT2D eigenvalue weighted by molar-refractivity contribution is 0.210. The molecular formula is C18H31IN4O. The molecule has 1 aromatic rings. The molecule has 3 N–H and O–H groups in total. The second-order valence-electron chi connectivity index (χ2n) is 6.39. The first-order valence-corrected chi connectivity index (χ1v) is 8.51. The molecule has 1 aliphatic heterocycles. The summed E-state index contributed by atoms with van der Waals surface area (Å²) in [6, 6.07) is 10.1. The molecule has 24 heavy (non-hydrogen) atoms. The van der Waals surface area contributed by atoms with Gasteiger partial charge in [0, 0.05) is 32.6 Å². The molecule has 5 nitrogen and oxygen atoms in total. The fourth-order valence-electron chi connectivity index (χ4n) is 3.13. The van der Waals surface area contributed by atoms with Crippen molar-refractivity contribution in [2.45, 2.75) is 18.8 Å². The minimum atomic E-state index is 0. The second-order valence-corrected chi connectivity index (χ2v) is 6.39. The number of hydrogen-bond acceptors (Lipinski definition) is 3. The number of nitrogens with zero attached hydrogens (tertiary/aromatic N) is 2. The van der Waals surface area contributed by atoms with E-state index in [1.165, 1.54) is 19.4 Å². The van der Waals surface area contributed by atoms with E-state index in [2.05, 4.69) is 39.7 Å². The number of likely N-dealkylation sites (tertiary alicyclic amines) is 1. The minimum Gasteiger partial charge on any atom is -0.396 e. The Kier molecular flexibility index (Phi) is 10.3. The molecule has 0 spiro atoms.